The summed E-state index contributed by atoms with van der Waals surface area (Å²) < 4.78 is 0. The summed E-state index contributed by atoms with van der Waals surface area (Å²) in [6, 6.07) is 1.90. The van der Waals surface area contributed by atoms with Gasteiger partial charge in [0.25, 0.3) is 0 Å². The Morgan fingerprint density at radius 1 is 1.05 bits per heavy atom. The minimum Gasteiger partial charge on any atom is -0.478 e. The zero-order chi connectivity index (χ0) is 15.1. The lowest BCUT2D eigenvalue weighted by atomic mass is 9.96. The Balaban J connectivity index is 2.26. The number of rotatable bonds is 2. The van der Waals surface area contributed by atoms with Crippen molar-refractivity contribution < 1.29 is 9.90 Å². The Bertz CT molecular complexity index is 482. The fraction of sp³-hybridized carbons (Fsp3) is 0.667. The summed E-state index contributed by atoms with van der Waals surface area (Å²) >= 11 is 0. The van der Waals surface area contributed by atoms with E-state index in [4.69, 9.17) is 4.98 Å². The summed E-state index contributed by atoms with van der Waals surface area (Å²) in [5.74, 6) is -0.840. The largest absolute Gasteiger partial charge is 0.478 e. The number of aromatic carboxylic acids is 1. The molecule has 1 aliphatic carbocycles. The van der Waals surface area contributed by atoms with Crippen molar-refractivity contribution in [1.82, 2.24) is 4.98 Å². The van der Waals surface area contributed by atoms with Gasteiger partial charge in [-0.1, -0.05) is 45.4 Å². The maximum Gasteiger partial charge on any atom is 0.337 e. The molecular weight excluding hydrogens is 262 g/mol. The Morgan fingerprint density at radius 3 is 2.19 bits per heavy atom. The van der Waals surface area contributed by atoms with Gasteiger partial charge in [0.05, 0.1) is 11.3 Å². The number of hydrogen-bond acceptors (Lipinski definition) is 2. The lowest BCUT2D eigenvalue weighted by molar-refractivity contribution is 0.0695. The molecule has 0 atom stereocenters. The SMILES string of the molecule is CCc1nc2c(cc1C(=O)O)CCCCCCCCCC2. The van der Waals surface area contributed by atoms with E-state index in [0.717, 1.165) is 30.7 Å². The highest BCUT2D eigenvalue weighted by atomic mass is 16.4. The third-order valence-corrected chi connectivity index (χ3v) is 4.45. The average molecular weight is 289 g/mol. The molecule has 3 nitrogen and oxygen atoms in total. The lowest BCUT2D eigenvalue weighted by Gasteiger charge is -2.14. The van der Waals surface area contributed by atoms with Gasteiger partial charge in [-0.25, -0.2) is 4.79 Å². The number of pyridine rings is 1. The van der Waals surface area contributed by atoms with Crippen LogP contribution >= 0.6 is 0 Å². The van der Waals surface area contributed by atoms with Gasteiger partial charge in [0, 0.05) is 5.69 Å². The topological polar surface area (TPSA) is 50.2 Å². The molecule has 0 saturated heterocycles. The van der Waals surface area contributed by atoms with Crippen molar-refractivity contribution >= 4 is 5.97 Å². The van der Waals surface area contributed by atoms with Crippen LogP contribution in [0.3, 0.4) is 0 Å². The molecule has 1 aromatic rings. The fourth-order valence-electron chi connectivity index (χ4n) is 3.19. The molecule has 1 aliphatic rings. The molecule has 1 aromatic heterocycles. The molecule has 0 radical (unpaired) electrons. The summed E-state index contributed by atoms with van der Waals surface area (Å²) in [6.07, 6.45) is 12.8. The van der Waals surface area contributed by atoms with E-state index in [2.05, 4.69) is 0 Å². The van der Waals surface area contributed by atoms with Crippen molar-refractivity contribution in [3.05, 3.63) is 28.6 Å². The molecule has 0 saturated carbocycles. The summed E-state index contributed by atoms with van der Waals surface area (Å²) in [5, 5.41) is 9.37. The van der Waals surface area contributed by atoms with E-state index in [1.807, 2.05) is 13.0 Å². The monoisotopic (exact) mass is 289 g/mol. The highest BCUT2D eigenvalue weighted by Gasteiger charge is 2.15. The number of nitrogens with zero attached hydrogens (tertiary/aromatic N) is 1. The third kappa shape index (κ3) is 4.55. The molecule has 0 fully saturated rings. The molecule has 1 heterocycles. The van der Waals surface area contributed by atoms with Crippen LogP contribution in [0.4, 0.5) is 0 Å². The van der Waals surface area contributed by atoms with Crippen LogP contribution in [-0.4, -0.2) is 16.1 Å². The smallest absolute Gasteiger partial charge is 0.337 e. The van der Waals surface area contributed by atoms with Crippen molar-refractivity contribution in [3.8, 4) is 0 Å². The minimum absolute atomic E-state index is 0.406. The molecule has 3 heteroatoms. The van der Waals surface area contributed by atoms with E-state index >= 15 is 0 Å². The molecule has 21 heavy (non-hydrogen) atoms. The molecule has 0 spiro atoms. The Morgan fingerprint density at radius 2 is 1.62 bits per heavy atom. The van der Waals surface area contributed by atoms with Gasteiger partial charge < -0.3 is 5.11 Å². The quantitative estimate of drug-likeness (QED) is 0.868. The van der Waals surface area contributed by atoms with Gasteiger partial charge >= 0.3 is 5.97 Å². The molecule has 0 bridgehead atoms. The van der Waals surface area contributed by atoms with Crippen LogP contribution in [0.1, 0.15) is 85.6 Å². The first-order valence-electron chi connectivity index (χ1n) is 8.47. The van der Waals surface area contributed by atoms with E-state index in [1.54, 1.807) is 0 Å². The van der Waals surface area contributed by atoms with Crippen LogP contribution in [0.25, 0.3) is 0 Å². The number of fused-ring (bicyclic) bond motifs is 1. The standard InChI is InChI=1S/C18H27NO2/c1-2-16-15(18(20)21)13-14-11-9-7-5-3-4-6-8-10-12-17(14)19-16/h13H,2-12H2,1H3,(H,20,21). The van der Waals surface area contributed by atoms with Crippen molar-refractivity contribution in [3.63, 3.8) is 0 Å². The second kappa shape index (κ2) is 8.16. The number of carboxylic acid groups (broad SMARTS) is 1. The maximum atomic E-state index is 11.4. The average Bonchev–Trinajstić information content (AvgIpc) is 2.47. The van der Waals surface area contributed by atoms with E-state index in [9.17, 15) is 9.90 Å². The molecule has 1 N–H and O–H groups in total. The van der Waals surface area contributed by atoms with Gasteiger partial charge in [-0.3, -0.25) is 4.98 Å². The predicted octanol–water partition coefficient (Wildman–Crippen LogP) is 4.56. The van der Waals surface area contributed by atoms with E-state index in [1.165, 1.54) is 50.5 Å². The highest BCUT2D eigenvalue weighted by Crippen LogP contribution is 2.21. The summed E-state index contributed by atoms with van der Waals surface area (Å²) in [7, 11) is 0. The van der Waals surface area contributed by atoms with Crippen molar-refractivity contribution in [2.24, 2.45) is 0 Å². The number of hydrogen-bond donors (Lipinski definition) is 1. The number of carbonyl (C=O) groups is 1. The van der Waals surface area contributed by atoms with E-state index in [0.29, 0.717) is 12.0 Å². The van der Waals surface area contributed by atoms with E-state index < -0.39 is 5.97 Å². The van der Waals surface area contributed by atoms with Gasteiger partial charge in [0.1, 0.15) is 0 Å². The fourth-order valence-corrected chi connectivity index (χ4v) is 3.19. The molecule has 0 unspecified atom stereocenters. The van der Waals surface area contributed by atoms with Crippen LogP contribution in [0.15, 0.2) is 6.07 Å². The maximum absolute atomic E-state index is 11.4. The third-order valence-electron chi connectivity index (χ3n) is 4.45. The first kappa shape index (κ1) is 16.0. The highest BCUT2D eigenvalue weighted by molar-refractivity contribution is 5.89. The first-order valence-corrected chi connectivity index (χ1v) is 8.47. The molecule has 0 amide bonds. The molecule has 0 aromatic carbocycles. The van der Waals surface area contributed by atoms with Gasteiger partial charge in [0.2, 0.25) is 0 Å². The number of aryl methyl sites for hydroxylation is 3. The Hall–Kier alpha value is -1.38. The second-order valence-electron chi connectivity index (χ2n) is 6.08. The van der Waals surface area contributed by atoms with Crippen LogP contribution < -0.4 is 0 Å². The van der Waals surface area contributed by atoms with E-state index in [-0.39, 0.29) is 0 Å². The van der Waals surface area contributed by atoms with Crippen molar-refractivity contribution in [1.29, 1.82) is 0 Å². The normalized spacial score (nSPS) is 17.4. The summed E-state index contributed by atoms with van der Waals surface area (Å²) in [4.78, 5) is 16.1. The number of carboxylic acids is 1. The lowest BCUT2D eigenvalue weighted by Crippen LogP contribution is -2.10. The Labute approximate surface area is 127 Å². The van der Waals surface area contributed by atoms with Crippen molar-refractivity contribution in [2.75, 3.05) is 0 Å². The zero-order valence-corrected chi connectivity index (χ0v) is 13.2. The summed E-state index contributed by atoms with van der Waals surface area (Å²) in [5.41, 5.74) is 3.47. The second-order valence-corrected chi connectivity index (χ2v) is 6.08. The van der Waals surface area contributed by atoms with Crippen LogP contribution in [0.5, 0.6) is 0 Å². The van der Waals surface area contributed by atoms with Crippen LogP contribution in [-0.2, 0) is 19.3 Å². The van der Waals surface area contributed by atoms with Crippen LogP contribution in [0, 0.1) is 0 Å². The molecule has 0 aliphatic heterocycles. The van der Waals surface area contributed by atoms with Crippen molar-refractivity contribution in [2.45, 2.75) is 77.6 Å². The zero-order valence-electron chi connectivity index (χ0n) is 13.2. The first-order chi connectivity index (χ1) is 10.2. The summed E-state index contributed by atoms with van der Waals surface area (Å²) in [6.45, 7) is 1.98. The van der Waals surface area contributed by atoms with Gasteiger partial charge in [0.15, 0.2) is 0 Å². The van der Waals surface area contributed by atoms with Gasteiger partial charge in [-0.05, 0) is 43.7 Å². The predicted molar refractivity (Wildman–Crippen MR) is 84.9 cm³/mol. The minimum atomic E-state index is -0.840. The molecule has 116 valence electrons. The van der Waals surface area contributed by atoms with Crippen LogP contribution in [0.2, 0.25) is 0 Å². The number of aromatic nitrogens is 1. The van der Waals surface area contributed by atoms with Gasteiger partial charge in [-0.15, -0.1) is 0 Å². The molecule has 2 rings (SSSR count). The van der Waals surface area contributed by atoms with Gasteiger partial charge in [-0.2, -0.15) is 0 Å². The Kier molecular flexibility index (Phi) is 6.21. The molecular formula is C18H27NO2.